The predicted molar refractivity (Wildman–Crippen MR) is 74.3 cm³/mol. The number of hydroxylamine groups is 1. The molecule has 0 aliphatic carbocycles. The SMILES string of the molecule is COc1ccc(C(=O)NOC(=O)/C=C/c2ccco2)cc1. The third-order valence-corrected chi connectivity index (χ3v) is 2.52. The van der Waals surface area contributed by atoms with Crippen LogP contribution in [0.15, 0.2) is 53.2 Å². The third-order valence-electron chi connectivity index (χ3n) is 2.52. The van der Waals surface area contributed by atoms with Gasteiger partial charge in [-0.05, 0) is 42.5 Å². The molecule has 108 valence electrons. The van der Waals surface area contributed by atoms with Crippen molar-refractivity contribution in [2.45, 2.75) is 0 Å². The first-order valence-corrected chi connectivity index (χ1v) is 6.06. The Morgan fingerprint density at radius 1 is 1.19 bits per heavy atom. The number of amides is 1. The van der Waals surface area contributed by atoms with Crippen molar-refractivity contribution in [3.8, 4) is 5.75 Å². The van der Waals surface area contributed by atoms with Crippen molar-refractivity contribution in [1.82, 2.24) is 5.48 Å². The summed E-state index contributed by atoms with van der Waals surface area (Å²) in [6.07, 6.45) is 4.06. The number of rotatable bonds is 4. The summed E-state index contributed by atoms with van der Waals surface area (Å²) in [6.45, 7) is 0. The van der Waals surface area contributed by atoms with Crippen molar-refractivity contribution in [3.05, 3.63) is 60.1 Å². The summed E-state index contributed by atoms with van der Waals surface area (Å²) >= 11 is 0. The van der Waals surface area contributed by atoms with Gasteiger partial charge in [-0.3, -0.25) is 4.79 Å². The Hall–Kier alpha value is -3.02. The number of nitrogens with one attached hydrogen (secondary N) is 1. The van der Waals surface area contributed by atoms with E-state index in [0.717, 1.165) is 6.08 Å². The van der Waals surface area contributed by atoms with Crippen LogP contribution in [-0.2, 0) is 9.63 Å². The number of carbonyl (C=O) groups excluding carboxylic acids is 2. The maximum atomic E-state index is 11.7. The molecule has 0 radical (unpaired) electrons. The summed E-state index contributed by atoms with van der Waals surface area (Å²) in [4.78, 5) is 27.7. The molecule has 2 rings (SSSR count). The van der Waals surface area contributed by atoms with E-state index in [1.54, 1.807) is 36.4 Å². The lowest BCUT2D eigenvalue weighted by atomic mass is 10.2. The molecule has 0 atom stereocenters. The Labute approximate surface area is 120 Å². The van der Waals surface area contributed by atoms with Gasteiger partial charge >= 0.3 is 5.97 Å². The van der Waals surface area contributed by atoms with Gasteiger partial charge in [-0.1, -0.05) is 0 Å². The zero-order chi connectivity index (χ0) is 15.1. The van der Waals surface area contributed by atoms with E-state index >= 15 is 0 Å². The minimum atomic E-state index is -0.715. The molecule has 0 unspecified atom stereocenters. The highest BCUT2D eigenvalue weighted by molar-refractivity contribution is 5.95. The molecule has 1 aromatic heterocycles. The normalized spacial score (nSPS) is 10.3. The molecule has 0 saturated carbocycles. The van der Waals surface area contributed by atoms with E-state index in [4.69, 9.17) is 9.15 Å². The van der Waals surface area contributed by atoms with Gasteiger partial charge in [0.2, 0.25) is 0 Å². The molecule has 0 fully saturated rings. The number of hydrogen-bond donors (Lipinski definition) is 1. The Balaban J connectivity index is 1.84. The number of hydrogen-bond acceptors (Lipinski definition) is 5. The van der Waals surface area contributed by atoms with Crippen LogP contribution in [0, 0.1) is 0 Å². The molecule has 6 nitrogen and oxygen atoms in total. The Bertz CT molecular complexity index is 629. The summed E-state index contributed by atoms with van der Waals surface area (Å²) in [5.74, 6) is -0.107. The molecular formula is C15H13NO5. The summed E-state index contributed by atoms with van der Waals surface area (Å²) in [7, 11) is 1.53. The van der Waals surface area contributed by atoms with Crippen LogP contribution in [0.5, 0.6) is 5.75 Å². The average molecular weight is 287 g/mol. The molecule has 0 aliphatic heterocycles. The van der Waals surface area contributed by atoms with E-state index in [1.165, 1.54) is 19.4 Å². The lowest BCUT2D eigenvalue weighted by molar-refractivity contribution is -0.142. The van der Waals surface area contributed by atoms with E-state index in [-0.39, 0.29) is 0 Å². The average Bonchev–Trinajstić information content (AvgIpc) is 3.04. The fraction of sp³-hybridized carbons (Fsp3) is 0.0667. The Morgan fingerprint density at radius 2 is 1.95 bits per heavy atom. The predicted octanol–water partition coefficient (Wildman–Crippen LogP) is 2.19. The van der Waals surface area contributed by atoms with E-state index in [0.29, 0.717) is 17.1 Å². The van der Waals surface area contributed by atoms with Crippen LogP contribution in [0.4, 0.5) is 0 Å². The van der Waals surface area contributed by atoms with Crippen molar-refractivity contribution in [2.24, 2.45) is 0 Å². The minimum Gasteiger partial charge on any atom is -0.497 e. The molecule has 6 heteroatoms. The molecule has 1 N–H and O–H groups in total. The third kappa shape index (κ3) is 4.24. The second-order valence-corrected chi connectivity index (χ2v) is 3.93. The lowest BCUT2D eigenvalue weighted by Crippen LogP contribution is -2.26. The highest BCUT2D eigenvalue weighted by Crippen LogP contribution is 2.11. The van der Waals surface area contributed by atoms with E-state index in [1.807, 2.05) is 0 Å². The monoisotopic (exact) mass is 287 g/mol. The highest BCUT2D eigenvalue weighted by Gasteiger charge is 2.07. The van der Waals surface area contributed by atoms with Crippen molar-refractivity contribution in [3.63, 3.8) is 0 Å². The zero-order valence-corrected chi connectivity index (χ0v) is 11.2. The first-order valence-electron chi connectivity index (χ1n) is 6.06. The second-order valence-electron chi connectivity index (χ2n) is 3.93. The number of furan rings is 1. The van der Waals surface area contributed by atoms with Gasteiger partial charge in [-0.15, -0.1) is 0 Å². The zero-order valence-electron chi connectivity index (χ0n) is 11.2. The fourth-order valence-electron chi connectivity index (χ4n) is 1.47. The van der Waals surface area contributed by atoms with E-state index in [9.17, 15) is 9.59 Å². The lowest BCUT2D eigenvalue weighted by Gasteiger charge is -2.04. The number of methoxy groups -OCH3 is 1. The summed E-state index contributed by atoms with van der Waals surface area (Å²) in [5, 5.41) is 0. The number of ether oxygens (including phenoxy) is 1. The molecule has 0 spiro atoms. The van der Waals surface area contributed by atoms with Crippen LogP contribution in [0.3, 0.4) is 0 Å². The first-order chi connectivity index (χ1) is 10.2. The van der Waals surface area contributed by atoms with Gasteiger partial charge in [0.15, 0.2) is 0 Å². The van der Waals surface area contributed by atoms with Gasteiger partial charge in [-0.25, -0.2) is 4.79 Å². The van der Waals surface area contributed by atoms with Crippen molar-refractivity contribution in [2.75, 3.05) is 7.11 Å². The van der Waals surface area contributed by atoms with E-state index in [2.05, 4.69) is 10.3 Å². The van der Waals surface area contributed by atoms with Crippen LogP contribution >= 0.6 is 0 Å². The standard InChI is InChI=1S/C15H13NO5/c1-19-12-6-4-11(5-7-12)15(18)16-21-14(17)9-8-13-3-2-10-20-13/h2-10H,1H3,(H,16,18)/b9-8+. The van der Waals surface area contributed by atoms with Crippen LogP contribution in [0.25, 0.3) is 6.08 Å². The molecular weight excluding hydrogens is 274 g/mol. The van der Waals surface area contributed by atoms with Crippen LogP contribution in [-0.4, -0.2) is 19.0 Å². The summed E-state index contributed by atoms with van der Waals surface area (Å²) < 4.78 is 9.99. The number of carbonyl (C=O) groups is 2. The van der Waals surface area contributed by atoms with Crippen molar-refractivity contribution in [1.29, 1.82) is 0 Å². The minimum absolute atomic E-state index is 0.346. The molecule has 0 saturated heterocycles. The molecule has 1 heterocycles. The van der Waals surface area contributed by atoms with Gasteiger partial charge < -0.3 is 14.0 Å². The molecule has 1 aromatic carbocycles. The Morgan fingerprint density at radius 3 is 2.57 bits per heavy atom. The summed E-state index contributed by atoms with van der Waals surface area (Å²) in [5.41, 5.74) is 2.40. The van der Waals surface area contributed by atoms with Gasteiger partial charge in [0.05, 0.1) is 13.4 Å². The van der Waals surface area contributed by atoms with Gasteiger partial charge in [-0.2, -0.15) is 5.48 Å². The molecule has 1 amide bonds. The topological polar surface area (TPSA) is 77.8 Å². The van der Waals surface area contributed by atoms with Gasteiger partial charge in [0.25, 0.3) is 5.91 Å². The molecule has 0 bridgehead atoms. The maximum absolute atomic E-state index is 11.7. The Kier molecular flexibility index (Phi) is 4.76. The molecule has 0 aliphatic rings. The first kappa shape index (κ1) is 14.4. The van der Waals surface area contributed by atoms with Gasteiger partial charge in [0, 0.05) is 11.6 Å². The maximum Gasteiger partial charge on any atom is 0.355 e. The fourth-order valence-corrected chi connectivity index (χ4v) is 1.47. The van der Waals surface area contributed by atoms with Crippen molar-refractivity contribution < 1.29 is 23.6 Å². The molecule has 2 aromatic rings. The highest BCUT2D eigenvalue weighted by atomic mass is 16.7. The summed E-state index contributed by atoms with van der Waals surface area (Å²) in [6, 6.07) is 9.75. The quantitative estimate of drug-likeness (QED) is 0.689. The van der Waals surface area contributed by atoms with Crippen LogP contribution in [0.1, 0.15) is 16.1 Å². The second kappa shape index (κ2) is 6.95. The smallest absolute Gasteiger partial charge is 0.355 e. The van der Waals surface area contributed by atoms with Gasteiger partial charge in [0.1, 0.15) is 11.5 Å². The largest absolute Gasteiger partial charge is 0.497 e. The number of benzene rings is 1. The van der Waals surface area contributed by atoms with Crippen molar-refractivity contribution >= 4 is 18.0 Å². The molecule has 21 heavy (non-hydrogen) atoms. The van der Waals surface area contributed by atoms with E-state index < -0.39 is 11.9 Å². The van der Waals surface area contributed by atoms with Crippen LogP contribution in [0.2, 0.25) is 0 Å². The van der Waals surface area contributed by atoms with Crippen LogP contribution < -0.4 is 10.2 Å².